The molecule has 1 aromatic heterocycles. The number of amides is 4. The molecule has 18 heteroatoms. The average Bonchev–Trinajstić information content (AvgIpc) is 3.99. The summed E-state index contributed by atoms with van der Waals surface area (Å²) in [6, 6.07) is -0.0349. The van der Waals surface area contributed by atoms with Crippen LogP contribution in [-0.4, -0.2) is 148 Å². The Morgan fingerprint density at radius 1 is 0.940 bits per heavy atom. The topological polar surface area (TPSA) is 199 Å². The quantitative estimate of drug-likeness (QED) is 0.0436. The molecule has 16 nitrogen and oxygen atoms in total. The minimum atomic E-state index is -0.544. The predicted octanol–water partition coefficient (Wildman–Crippen LogP) is 5.28. The summed E-state index contributed by atoms with van der Waals surface area (Å²) in [6.45, 7) is 12.8. The van der Waals surface area contributed by atoms with Crippen molar-refractivity contribution in [2.45, 2.75) is 127 Å². The maximum Gasteiger partial charge on any atom is 0.331 e. The number of fused-ring (bicyclic) bond motifs is 3. The summed E-state index contributed by atoms with van der Waals surface area (Å²) >= 11 is 3.38. The Hall–Kier alpha value is -4.33. The zero-order valence-electron chi connectivity index (χ0n) is 40.6. The number of likely N-dealkylation sites (N-methyl/N-ethyl adjacent to an activating group) is 1. The number of thioether (sulfide) groups is 1. The molecule has 372 valence electrons. The normalized spacial score (nSPS) is 25.8. The van der Waals surface area contributed by atoms with Crippen LogP contribution in [0.2, 0.25) is 0 Å². The monoisotopic (exact) mass is 970 g/mol. The van der Waals surface area contributed by atoms with E-state index in [9.17, 15) is 24.0 Å². The molecule has 4 heterocycles. The third-order valence-electron chi connectivity index (χ3n) is 11.3. The van der Waals surface area contributed by atoms with Gasteiger partial charge in [0.2, 0.25) is 11.8 Å². The number of allylic oxidation sites excluding steroid dienone is 6. The summed E-state index contributed by atoms with van der Waals surface area (Å²) in [5, 5.41) is 18.2. The lowest BCUT2D eigenvalue weighted by Crippen LogP contribution is -2.42. The molecule has 0 radical (unpaired) electrons. The third kappa shape index (κ3) is 22.6. The molecule has 3 aliphatic rings. The number of hydrogen-bond donors (Lipinski definition) is 5. The molecule has 2 unspecified atom stereocenters. The van der Waals surface area contributed by atoms with Crippen LogP contribution in [0.3, 0.4) is 0 Å². The number of thiazole rings is 1. The number of ether oxygens (including phenoxy) is 4. The molecule has 0 aromatic carbocycles. The van der Waals surface area contributed by atoms with E-state index in [2.05, 4.69) is 50.6 Å². The van der Waals surface area contributed by atoms with Crippen molar-refractivity contribution < 1.29 is 42.9 Å². The van der Waals surface area contributed by atoms with Crippen molar-refractivity contribution in [3.8, 4) is 0 Å². The maximum atomic E-state index is 13.2. The number of carbonyl (C=O) groups excluding carboxylic acids is 5. The van der Waals surface area contributed by atoms with Crippen molar-refractivity contribution in [3.63, 3.8) is 0 Å². The lowest BCUT2D eigenvalue weighted by Gasteiger charge is -2.22. The summed E-state index contributed by atoms with van der Waals surface area (Å²) in [5.74, 6) is -0.182. The van der Waals surface area contributed by atoms with E-state index >= 15 is 0 Å². The van der Waals surface area contributed by atoms with Gasteiger partial charge in [0.25, 0.3) is 0 Å². The van der Waals surface area contributed by atoms with Gasteiger partial charge in [0.1, 0.15) is 12.2 Å². The number of esters is 2. The van der Waals surface area contributed by atoms with Gasteiger partial charge in [-0.25, -0.2) is 14.6 Å². The lowest BCUT2D eigenvalue weighted by molar-refractivity contribution is -0.149. The van der Waals surface area contributed by atoms with Crippen LogP contribution < -0.4 is 26.6 Å². The highest BCUT2D eigenvalue weighted by Gasteiger charge is 2.42. The van der Waals surface area contributed by atoms with E-state index in [0.29, 0.717) is 70.5 Å². The van der Waals surface area contributed by atoms with Gasteiger partial charge in [-0.05, 0) is 67.1 Å². The molecule has 3 aliphatic heterocycles. The van der Waals surface area contributed by atoms with Crippen LogP contribution in [-0.2, 0) is 44.5 Å². The Balaban J connectivity index is 1.18. The molecule has 4 amide bonds. The number of cyclic esters (lactones) is 2. The maximum absolute atomic E-state index is 13.2. The van der Waals surface area contributed by atoms with Crippen LogP contribution in [0.1, 0.15) is 96.2 Å². The first-order valence-corrected chi connectivity index (χ1v) is 25.5. The number of aromatic nitrogens is 1. The highest BCUT2D eigenvalue weighted by molar-refractivity contribution is 8.00. The van der Waals surface area contributed by atoms with Crippen molar-refractivity contribution in [1.82, 2.24) is 36.5 Å². The molecule has 0 aliphatic carbocycles. The molecular weight excluding hydrogens is 895 g/mol. The van der Waals surface area contributed by atoms with E-state index in [1.54, 1.807) is 6.08 Å². The lowest BCUT2D eigenvalue weighted by atomic mass is 9.97. The molecule has 4 rings (SSSR count). The van der Waals surface area contributed by atoms with Crippen molar-refractivity contribution in [2.75, 3.05) is 72.5 Å². The number of hydrogen-bond acceptors (Lipinski definition) is 14. The van der Waals surface area contributed by atoms with Gasteiger partial charge in [0.05, 0.1) is 62.2 Å². The zero-order valence-corrected chi connectivity index (χ0v) is 42.2. The first-order chi connectivity index (χ1) is 32.1. The van der Waals surface area contributed by atoms with E-state index in [4.69, 9.17) is 23.9 Å². The summed E-state index contributed by atoms with van der Waals surface area (Å²) < 4.78 is 22.9. The van der Waals surface area contributed by atoms with E-state index < -0.39 is 18.2 Å². The number of unbranched alkanes of at least 4 members (excludes halogenated alkanes) is 1. The number of nitrogens with one attached hydrogen (secondary N) is 5. The van der Waals surface area contributed by atoms with Crippen molar-refractivity contribution in [1.29, 1.82) is 0 Å². The van der Waals surface area contributed by atoms with Crippen molar-refractivity contribution >= 4 is 52.9 Å². The molecule has 2 bridgehead atoms. The first kappa shape index (κ1) is 55.3. The summed E-state index contributed by atoms with van der Waals surface area (Å²) in [7, 11) is 4.05. The molecule has 2 fully saturated rings. The molecule has 0 spiro atoms. The smallest absolute Gasteiger partial charge is 0.331 e. The van der Waals surface area contributed by atoms with Gasteiger partial charge in [0, 0.05) is 73.3 Å². The van der Waals surface area contributed by atoms with Gasteiger partial charge < -0.3 is 50.4 Å². The number of carbonyl (C=O) groups is 5. The Labute approximate surface area is 406 Å². The summed E-state index contributed by atoms with van der Waals surface area (Å²) in [6.07, 6.45) is 16.8. The van der Waals surface area contributed by atoms with Crippen LogP contribution >= 0.6 is 23.1 Å². The minimum Gasteiger partial charge on any atom is -0.462 e. The van der Waals surface area contributed by atoms with Crippen LogP contribution in [0.4, 0.5) is 4.79 Å². The van der Waals surface area contributed by atoms with Crippen LogP contribution in [0.15, 0.2) is 64.6 Å². The first-order valence-electron chi connectivity index (χ1n) is 23.6. The van der Waals surface area contributed by atoms with Gasteiger partial charge in [-0.15, -0.1) is 11.3 Å². The third-order valence-corrected chi connectivity index (χ3v) is 13.7. The molecule has 5 N–H and O–H groups in total. The largest absolute Gasteiger partial charge is 0.462 e. The fourth-order valence-corrected chi connectivity index (χ4v) is 10.3. The van der Waals surface area contributed by atoms with E-state index in [0.717, 1.165) is 59.0 Å². The predicted molar refractivity (Wildman–Crippen MR) is 265 cm³/mol. The van der Waals surface area contributed by atoms with Crippen LogP contribution in [0.5, 0.6) is 0 Å². The Morgan fingerprint density at radius 2 is 1.67 bits per heavy atom. The highest BCUT2D eigenvalue weighted by atomic mass is 32.2. The standard InChI is InChI=1S/C49H75N7O9S2/c1-33(17-20-56(6)7)15-16-35(3)26-39-29-45-53-40(31-67-45)36(4)27-38(28-47(60)64-37(5)25-34(2)11-10-14-46(59)65-39)52-30-44(58)51-19-22-63-24-23-62-21-18-50-43(57)13-9-8-12-42-48-41(32-66-42)54-49(61)55-48/h10-11,14-17,26,31,36-39,41-42,48,52H,8-9,12-13,18-25,27-30,32H2,1-7H3,(H,50,57)(H,51,58)(H2,54,55,61)/b14-10-,16-15+,33-17+,34-11+,35-26+/t36-,37-,38+,39-,41?,42-,48?/m0/s1. The molecule has 0 saturated carbocycles. The second-order valence-electron chi connectivity index (χ2n) is 17.9. The number of urea groups is 1. The Morgan fingerprint density at radius 3 is 2.42 bits per heavy atom. The van der Waals surface area contributed by atoms with E-state index in [1.807, 2.05) is 77.2 Å². The molecule has 7 atom stereocenters. The minimum absolute atomic E-state index is 0.00152. The SMILES string of the molecule is CC(/C=C/C(C)=C/[C@H]1Cc2nc(cs2)[C@@H](C)C[C@@H](NCC(=O)NCCOCCOCCNC(=O)CCCC[C@@H]2SCC3NC(=O)NC32)CC(=O)O[C@@H](C)C/C(C)=C/C=C\C(=O)O1)=C\CN(C)C. The summed E-state index contributed by atoms with van der Waals surface area (Å²) in [4.78, 5) is 69.9. The average molecular weight is 970 g/mol. The fourth-order valence-electron chi connectivity index (χ4n) is 7.77. The van der Waals surface area contributed by atoms with Gasteiger partial charge in [-0.3, -0.25) is 14.4 Å². The molecule has 1 aromatic rings. The van der Waals surface area contributed by atoms with Gasteiger partial charge in [-0.2, -0.15) is 11.8 Å². The zero-order chi connectivity index (χ0) is 48.6. The highest BCUT2D eigenvalue weighted by Crippen LogP contribution is 2.33. The molecule has 67 heavy (non-hydrogen) atoms. The van der Waals surface area contributed by atoms with E-state index in [1.165, 1.54) is 17.4 Å². The van der Waals surface area contributed by atoms with Crippen molar-refractivity contribution in [3.05, 3.63) is 75.3 Å². The Kier molecular flexibility index (Phi) is 24.9. The van der Waals surface area contributed by atoms with Crippen LogP contribution in [0.25, 0.3) is 0 Å². The second kappa shape index (κ2) is 30.2. The van der Waals surface area contributed by atoms with Gasteiger partial charge in [-0.1, -0.05) is 60.4 Å². The Bertz CT molecular complexity index is 1910. The van der Waals surface area contributed by atoms with Crippen LogP contribution in [0, 0.1) is 0 Å². The summed E-state index contributed by atoms with van der Waals surface area (Å²) in [5.41, 5.74) is 3.88. The van der Waals surface area contributed by atoms with Gasteiger partial charge >= 0.3 is 18.0 Å². The molecule has 2 saturated heterocycles. The number of rotatable bonds is 22. The number of nitrogens with zero attached hydrogens (tertiary/aromatic N) is 2. The molecular formula is C49H75N7O9S2. The van der Waals surface area contributed by atoms with E-state index in [-0.39, 0.29) is 60.8 Å². The van der Waals surface area contributed by atoms with Gasteiger partial charge in [0.15, 0.2) is 0 Å². The van der Waals surface area contributed by atoms with Crippen molar-refractivity contribution in [2.24, 2.45) is 0 Å². The second-order valence-corrected chi connectivity index (χ2v) is 20.1. The fraction of sp³-hybridized carbons (Fsp3) is 0.633.